The molecule has 1 atom stereocenters. The van der Waals surface area contributed by atoms with Crippen LogP contribution in [0.3, 0.4) is 0 Å². The Labute approximate surface area is 215 Å². The van der Waals surface area contributed by atoms with Crippen molar-refractivity contribution in [3.8, 4) is 22.9 Å². The highest BCUT2D eigenvalue weighted by Gasteiger charge is 2.37. The van der Waals surface area contributed by atoms with Gasteiger partial charge in [-0.1, -0.05) is 47.1 Å². The van der Waals surface area contributed by atoms with Crippen LogP contribution >= 0.6 is 0 Å². The molecule has 0 spiro atoms. The number of allylic oxidation sites excluding steroid dienone is 1. The van der Waals surface area contributed by atoms with Crippen molar-refractivity contribution in [1.82, 2.24) is 15.5 Å². The van der Waals surface area contributed by atoms with Crippen LogP contribution in [0.15, 0.2) is 70.9 Å². The highest BCUT2D eigenvalue weighted by Crippen LogP contribution is 2.41. The molecule has 0 fully saturated rings. The number of amides is 2. The van der Waals surface area contributed by atoms with Gasteiger partial charge in [-0.25, -0.2) is 4.79 Å². The fraction of sp³-hybridized carbons (Fsp3) is 0.207. The Morgan fingerprint density at radius 2 is 1.73 bits per heavy atom. The third-order valence-electron chi connectivity index (χ3n) is 6.74. The minimum Gasteiger partial charge on any atom is -0.504 e. The van der Waals surface area contributed by atoms with Crippen molar-refractivity contribution in [2.24, 2.45) is 0 Å². The van der Waals surface area contributed by atoms with Crippen LogP contribution in [0.2, 0.25) is 0 Å². The van der Waals surface area contributed by atoms with Gasteiger partial charge in [0, 0.05) is 11.3 Å². The highest BCUT2D eigenvalue weighted by atomic mass is 16.5. The lowest BCUT2D eigenvalue weighted by molar-refractivity contribution is 0.244. The standard InChI is InChI=1S/C29H28N4O4/c1-16-6-9-20(10-7-16)27-31-28(37-32-27)25-19(4)33(22-12-8-17(2)18(3)14-22)29(35)30-26(25)21-11-13-24(36-5)23(34)15-21/h6-15,26,34H,1-5H3,(H,30,35). The number of phenolic OH excluding ortho intramolecular Hbond substituents is 1. The summed E-state index contributed by atoms with van der Waals surface area (Å²) in [5, 5.41) is 17.7. The molecule has 2 amide bonds. The normalized spacial score (nSPS) is 15.6. The summed E-state index contributed by atoms with van der Waals surface area (Å²) in [6.07, 6.45) is 0. The third kappa shape index (κ3) is 4.42. The van der Waals surface area contributed by atoms with Gasteiger partial charge in [0.25, 0.3) is 5.89 Å². The topological polar surface area (TPSA) is 101 Å². The van der Waals surface area contributed by atoms with Crippen LogP contribution in [0.5, 0.6) is 11.5 Å². The number of ether oxygens (including phenoxy) is 1. The second kappa shape index (κ2) is 9.46. The van der Waals surface area contributed by atoms with Gasteiger partial charge in [-0.3, -0.25) is 4.90 Å². The maximum atomic E-state index is 13.5. The quantitative estimate of drug-likeness (QED) is 0.347. The SMILES string of the molecule is COc1ccc(C2NC(=O)N(c3ccc(C)c(C)c3)C(C)=C2c2nc(-c3ccc(C)cc3)no2)cc1O. The number of benzene rings is 3. The van der Waals surface area contributed by atoms with Gasteiger partial charge >= 0.3 is 6.03 Å². The molecule has 1 aliphatic heterocycles. The number of urea groups is 1. The van der Waals surface area contributed by atoms with Gasteiger partial charge in [-0.15, -0.1) is 0 Å². The van der Waals surface area contributed by atoms with E-state index in [1.807, 2.05) is 70.2 Å². The smallest absolute Gasteiger partial charge is 0.326 e. The number of phenols is 1. The van der Waals surface area contributed by atoms with Gasteiger partial charge < -0.3 is 19.7 Å². The first-order valence-corrected chi connectivity index (χ1v) is 11.9. The molecule has 1 aliphatic rings. The molecule has 5 rings (SSSR count). The number of hydrogen-bond acceptors (Lipinski definition) is 6. The van der Waals surface area contributed by atoms with E-state index in [1.54, 1.807) is 23.1 Å². The molecule has 3 aromatic carbocycles. The molecule has 8 heteroatoms. The van der Waals surface area contributed by atoms with Crippen LogP contribution in [-0.2, 0) is 0 Å². The molecule has 2 N–H and O–H groups in total. The second-order valence-corrected chi connectivity index (χ2v) is 9.21. The number of methoxy groups -OCH3 is 1. The molecule has 8 nitrogen and oxygen atoms in total. The predicted octanol–water partition coefficient (Wildman–Crippen LogP) is 6.08. The van der Waals surface area contributed by atoms with Gasteiger partial charge in [0.15, 0.2) is 11.5 Å². The number of carbonyl (C=O) groups is 1. The van der Waals surface area contributed by atoms with Gasteiger partial charge in [0.2, 0.25) is 5.82 Å². The number of aryl methyl sites for hydroxylation is 3. The number of rotatable bonds is 5. The summed E-state index contributed by atoms with van der Waals surface area (Å²) in [5.74, 6) is 1.03. The molecular weight excluding hydrogens is 468 g/mol. The Bertz CT molecular complexity index is 1520. The van der Waals surface area contributed by atoms with Gasteiger partial charge in [-0.2, -0.15) is 4.98 Å². The first-order chi connectivity index (χ1) is 17.8. The summed E-state index contributed by atoms with van der Waals surface area (Å²) in [7, 11) is 1.49. The van der Waals surface area contributed by atoms with Crippen molar-refractivity contribution < 1.29 is 19.2 Å². The number of nitrogens with one attached hydrogen (secondary N) is 1. The summed E-state index contributed by atoms with van der Waals surface area (Å²) in [6.45, 7) is 7.91. The first-order valence-electron chi connectivity index (χ1n) is 11.9. The van der Waals surface area contributed by atoms with E-state index in [2.05, 4.69) is 10.5 Å². The van der Waals surface area contributed by atoms with Crippen molar-refractivity contribution in [2.45, 2.75) is 33.7 Å². The molecule has 0 saturated heterocycles. The van der Waals surface area contributed by atoms with Crippen molar-refractivity contribution >= 4 is 17.3 Å². The average molecular weight is 497 g/mol. The monoisotopic (exact) mass is 496 g/mol. The van der Waals surface area contributed by atoms with Gasteiger partial charge in [0.1, 0.15) is 0 Å². The highest BCUT2D eigenvalue weighted by molar-refractivity contribution is 6.01. The van der Waals surface area contributed by atoms with Crippen molar-refractivity contribution in [2.75, 3.05) is 12.0 Å². The lowest BCUT2D eigenvalue weighted by Crippen LogP contribution is -2.46. The molecule has 188 valence electrons. The first kappa shape index (κ1) is 24.1. The molecule has 0 aliphatic carbocycles. The Morgan fingerprint density at radius 1 is 0.973 bits per heavy atom. The number of nitrogens with zero attached hydrogens (tertiary/aromatic N) is 3. The second-order valence-electron chi connectivity index (χ2n) is 9.21. The summed E-state index contributed by atoms with van der Waals surface area (Å²) >= 11 is 0. The van der Waals surface area contributed by atoms with Crippen LogP contribution < -0.4 is 15.0 Å². The minimum atomic E-state index is -0.640. The minimum absolute atomic E-state index is 0.0336. The largest absolute Gasteiger partial charge is 0.504 e. The van der Waals surface area contributed by atoms with Crippen LogP contribution in [0.1, 0.15) is 41.1 Å². The van der Waals surface area contributed by atoms with Crippen molar-refractivity contribution in [3.63, 3.8) is 0 Å². The molecule has 2 heterocycles. The van der Waals surface area contributed by atoms with Gasteiger partial charge in [0.05, 0.1) is 24.4 Å². The van der Waals surface area contributed by atoms with Crippen molar-refractivity contribution in [3.05, 3.63) is 94.5 Å². The number of anilines is 1. The van der Waals surface area contributed by atoms with Crippen LogP contribution in [0.4, 0.5) is 10.5 Å². The number of carbonyl (C=O) groups excluding carboxylic acids is 1. The molecule has 0 saturated carbocycles. The third-order valence-corrected chi connectivity index (χ3v) is 6.74. The van der Waals surface area contributed by atoms with E-state index in [-0.39, 0.29) is 17.7 Å². The average Bonchev–Trinajstić information content (AvgIpc) is 3.36. The maximum Gasteiger partial charge on any atom is 0.326 e. The van der Waals surface area contributed by atoms with Gasteiger partial charge in [-0.05, 0) is 68.7 Å². The Kier molecular flexibility index (Phi) is 6.17. The molecular formula is C29H28N4O4. The molecule has 1 aromatic heterocycles. The zero-order chi connectivity index (χ0) is 26.3. The maximum absolute atomic E-state index is 13.5. The Morgan fingerprint density at radius 3 is 2.41 bits per heavy atom. The van der Waals surface area contributed by atoms with Crippen LogP contribution in [0.25, 0.3) is 17.0 Å². The van der Waals surface area contributed by atoms with E-state index >= 15 is 0 Å². The number of aromatic nitrogens is 2. The Hall–Kier alpha value is -4.59. The summed E-state index contributed by atoms with van der Waals surface area (Å²) in [6, 6.07) is 17.8. The van der Waals surface area contributed by atoms with E-state index in [1.165, 1.54) is 7.11 Å². The lowest BCUT2D eigenvalue weighted by atomic mass is 9.94. The van der Waals surface area contributed by atoms with E-state index in [9.17, 15) is 9.90 Å². The van der Waals surface area contributed by atoms with E-state index in [0.717, 1.165) is 27.9 Å². The zero-order valence-corrected chi connectivity index (χ0v) is 21.4. The summed E-state index contributed by atoms with van der Waals surface area (Å²) in [4.78, 5) is 19.8. The summed E-state index contributed by atoms with van der Waals surface area (Å²) < 4.78 is 11.0. The van der Waals surface area contributed by atoms with E-state index < -0.39 is 6.04 Å². The Balaban J connectivity index is 1.66. The summed E-state index contributed by atoms with van der Waals surface area (Å²) in [5.41, 5.74) is 6.81. The molecule has 37 heavy (non-hydrogen) atoms. The predicted molar refractivity (Wildman–Crippen MR) is 141 cm³/mol. The van der Waals surface area contributed by atoms with E-state index in [0.29, 0.717) is 28.4 Å². The molecule has 4 aromatic rings. The fourth-order valence-electron chi connectivity index (χ4n) is 4.49. The molecule has 0 bridgehead atoms. The number of aromatic hydroxyl groups is 1. The lowest BCUT2D eigenvalue weighted by Gasteiger charge is -2.35. The van der Waals surface area contributed by atoms with Crippen LogP contribution in [-0.4, -0.2) is 28.4 Å². The number of hydrogen-bond donors (Lipinski definition) is 2. The molecule has 0 radical (unpaired) electrons. The van der Waals surface area contributed by atoms with Crippen molar-refractivity contribution in [1.29, 1.82) is 0 Å². The zero-order valence-electron chi connectivity index (χ0n) is 21.4. The van der Waals surface area contributed by atoms with Crippen LogP contribution in [0, 0.1) is 20.8 Å². The molecule has 1 unspecified atom stereocenters. The fourth-order valence-corrected chi connectivity index (χ4v) is 4.49. The van der Waals surface area contributed by atoms with E-state index in [4.69, 9.17) is 14.2 Å².